The summed E-state index contributed by atoms with van der Waals surface area (Å²) < 4.78 is 36.6. The summed E-state index contributed by atoms with van der Waals surface area (Å²) in [7, 11) is 0. The number of hydrogen-bond donors (Lipinski definition) is 0. The minimum absolute atomic E-state index is 0.0780. The van der Waals surface area contributed by atoms with Crippen molar-refractivity contribution in [2.45, 2.75) is 45.8 Å². The fourth-order valence-electron chi connectivity index (χ4n) is 1.52. The molecule has 1 atom stereocenters. The summed E-state index contributed by atoms with van der Waals surface area (Å²) in [4.78, 5) is 12.1. The number of alkyl halides is 3. The maximum atomic E-state index is 12.2. The van der Waals surface area contributed by atoms with E-state index in [0.29, 0.717) is 13.0 Å². The standard InChI is InChI=1S/C10H18F3NO/c1-4-5-14(7-10(11,12)13)8(2)6-9(3)15/h8H,4-7H2,1-3H3. The van der Waals surface area contributed by atoms with Gasteiger partial charge in [-0.25, -0.2) is 0 Å². The van der Waals surface area contributed by atoms with Gasteiger partial charge in [0.25, 0.3) is 0 Å². The van der Waals surface area contributed by atoms with Crippen LogP contribution in [0.25, 0.3) is 0 Å². The SMILES string of the molecule is CCCN(CC(F)(F)F)C(C)CC(C)=O. The van der Waals surface area contributed by atoms with Crippen LogP contribution in [0.15, 0.2) is 0 Å². The van der Waals surface area contributed by atoms with Crippen molar-refractivity contribution in [3.05, 3.63) is 0 Å². The first-order chi connectivity index (χ1) is 6.76. The van der Waals surface area contributed by atoms with E-state index in [1.54, 1.807) is 6.92 Å². The molecule has 1 unspecified atom stereocenters. The lowest BCUT2D eigenvalue weighted by Crippen LogP contribution is -2.41. The van der Waals surface area contributed by atoms with Gasteiger partial charge in [-0.05, 0) is 26.8 Å². The zero-order valence-corrected chi connectivity index (χ0v) is 9.40. The van der Waals surface area contributed by atoms with Crippen molar-refractivity contribution in [1.82, 2.24) is 4.90 Å². The Morgan fingerprint density at radius 2 is 1.93 bits per heavy atom. The first kappa shape index (κ1) is 14.4. The molecule has 0 aliphatic heterocycles. The molecule has 2 nitrogen and oxygen atoms in total. The number of carbonyl (C=O) groups excluding carboxylic acids is 1. The third kappa shape index (κ3) is 7.36. The van der Waals surface area contributed by atoms with Gasteiger partial charge < -0.3 is 0 Å². The molecule has 0 amide bonds. The van der Waals surface area contributed by atoms with Gasteiger partial charge in [0.1, 0.15) is 5.78 Å². The molecule has 0 saturated heterocycles. The van der Waals surface area contributed by atoms with Gasteiger partial charge in [-0.1, -0.05) is 6.92 Å². The average Bonchev–Trinajstić information content (AvgIpc) is 1.99. The summed E-state index contributed by atoms with van der Waals surface area (Å²) in [6.07, 6.45) is -3.37. The predicted molar refractivity (Wildman–Crippen MR) is 52.7 cm³/mol. The summed E-state index contributed by atoms with van der Waals surface area (Å²) >= 11 is 0. The van der Waals surface area contributed by atoms with E-state index in [1.165, 1.54) is 11.8 Å². The van der Waals surface area contributed by atoms with Crippen molar-refractivity contribution < 1.29 is 18.0 Å². The molecule has 90 valence electrons. The Labute approximate surface area is 88.4 Å². The lowest BCUT2D eigenvalue weighted by molar-refractivity contribution is -0.151. The second-order valence-corrected chi connectivity index (χ2v) is 3.84. The van der Waals surface area contributed by atoms with Crippen molar-refractivity contribution in [2.75, 3.05) is 13.1 Å². The molecule has 0 aromatic carbocycles. The van der Waals surface area contributed by atoms with Gasteiger partial charge in [0.05, 0.1) is 6.54 Å². The molecule has 0 aliphatic carbocycles. The lowest BCUT2D eigenvalue weighted by Gasteiger charge is -2.28. The van der Waals surface area contributed by atoms with Crippen LogP contribution < -0.4 is 0 Å². The molecule has 0 spiro atoms. The summed E-state index contributed by atoms with van der Waals surface area (Å²) in [6, 6.07) is -0.343. The number of ketones is 1. The van der Waals surface area contributed by atoms with Crippen LogP contribution in [0.2, 0.25) is 0 Å². The minimum Gasteiger partial charge on any atom is -0.300 e. The number of halogens is 3. The number of rotatable bonds is 6. The molecule has 0 fully saturated rings. The second-order valence-electron chi connectivity index (χ2n) is 3.84. The molecule has 0 aromatic heterocycles. The first-order valence-electron chi connectivity index (χ1n) is 5.06. The maximum Gasteiger partial charge on any atom is 0.401 e. The zero-order chi connectivity index (χ0) is 12.1. The molecule has 0 radical (unpaired) electrons. The maximum absolute atomic E-state index is 12.2. The number of nitrogens with zero attached hydrogens (tertiary/aromatic N) is 1. The summed E-state index contributed by atoms with van der Waals surface area (Å²) in [5.41, 5.74) is 0. The van der Waals surface area contributed by atoms with Gasteiger partial charge in [0, 0.05) is 12.5 Å². The Hall–Kier alpha value is -0.580. The van der Waals surface area contributed by atoms with E-state index in [0.717, 1.165) is 0 Å². The normalized spacial score (nSPS) is 14.3. The van der Waals surface area contributed by atoms with Crippen LogP contribution in [0.1, 0.15) is 33.6 Å². The summed E-state index contributed by atoms with van der Waals surface area (Å²) in [5, 5.41) is 0. The third-order valence-electron chi connectivity index (χ3n) is 2.10. The van der Waals surface area contributed by atoms with Crippen LogP contribution in [-0.2, 0) is 4.79 Å². The molecular formula is C10H18F3NO. The van der Waals surface area contributed by atoms with Crippen molar-refractivity contribution in [1.29, 1.82) is 0 Å². The van der Waals surface area contributed by atoms with Crippen molar-refractivity contribution in [3.8, 4) is 0 Å². The van der Waals surface area contributed by atoms with Gasteiger partial charge >= 0.3 is 6.18 Å². The first-order valence-corrected chi connectivity index (χ1v) is 5.06. The molecule has 0 saturated carbocycles. The van der Waals surface area contributed by atoms with Crippen molar-refractivity contribution >= 4 is 5.78 Å². The van der Waals surface area contributed by atoms with E-state index in [9.17, 15) is 18.0 Å². The van der Waals surface area contributed by atoms with E-state index >= 15 is 0 Å². The lowest BCUT2D eigenvalue weighted by atomic mass is 10.1. The van der Waals surface area contributed by atoms with E-state index in [2.05, 4.69) is 0 Å². The highest BCUT2D eigenvalue weighted by Gasteiger charge is 2.32. The highest BCUT2D eigenvalue weighted by Crippen LogP contribution is 2.19. The fourth-order valence-corrected chi connectivity index (χ4v) is 1.52. The quantitative estimate of drug-likeness (QED) is 0.692. The fraction of sp³-hybridized carbons (Fsp3) is 0.900. The molecule has 0 N–H and O–H groups in total. The number of Topliss-reactive ketones (excluding diaryl/α,β-unsaturated/α-hetero) is 1. The largest absolute Gasteiger partial charge is 0.401 e. The zero-order valence-electron chi connectivity index (χ0n) is 9.40. The van der Waals surface area contributed by atoms with Crippen LogP contribution in [0, 0.1) is 0 Å². The van der Waals surface area contributed by atoms with Gasteiger partial charge in [-0.15, -0.1) is 0 Å². The van der Waals surface area contributed by atoms with Crippen LogP contribution in [-0.4, -0.2) is 36.0 Å². The summed E-state index contributed by atoms with van der Waals surface area (Å²) in [6.45, 7) is 4.31. The molecule has 5 heteroatoms. The Balaban J connectivity index is 4.30. The van der Waals surface area contributed by atoms with Gasteiger partial charge in [0.2, 0.25) is 0 Å². The van der Waals surface area contributed by atoms with Crippen LogP contribution >= 0.6 is 0 Å². The van der Waals surface area contributed by atoms with Gasteiger partial charge in [0.15, 0.2) is 0 Å². The summed E-state index contributed by atoms with van der Waals surface area (Å²) in [5.74, 6) is -0.0780. The monoisotopic (exact) mass is 225 g/mol. The van der Waals surface area contributed by atoms with E-state index in [4.69, 9.17) is 0 Å². The Morgan fingerprint density at radius 3 is 2.27 bits per heavy atom. The second kappa shape index (κ2) is 6.10. The molecule has 0 rings (SSSR count). The van der Waals surface area contributed by atoms with E-state index < -0.39 is 12.7 Å². The number of carbonyl (C=O) groups is 1. The minimum atomic E-state index is -4.19. The van der Waals surface area contributed by atoms with E-state index in [1.807, 2.05) is 6.92 Å². The average molecular weight is 225 g/mol. The molecular weight excluding hydrogens is 207 g/mol. The Kier molecular flexibility index (Phi) is 5.87. The third-order valence-corrected chi connectivity index (χ3v) is 2.10. The molecule has 0 bridgehead atoms. The van der Waals surface area contributed by atoms with Gasteiger partial charge in [-0.3, -0.25) is 9.69 Å². The highest BCUT2D eigenvalue weighted by molar-refractivity contribution is 5.76. The topological polar surface area (TPSA) is 20.3 Å². The van der Waals surface area contributed by atoms with Crippen LogP contribution in [0.4, 0.5) is 13.2 Å². The number of hydrogen-bond acceptors (Lipinski definition) is 2. The van der Waals surface area contributed by atoms with Crippen molar-refractivity contribution in [3.63, 3.8) is 0 Å². The van der Waals surface area contributed by atoms with Crippen molar-refractivity contribution in [2.24, 2.45) is 0 Å². The smallest absolute Gasteiger partial charge is 0.300 e. The molecule has 0 heterocycles. The van der Waals surface area contributed by atoms with Crippen LogP contribution in [0.3, 0.4) is 0 Å². The highest BCUT2D eigenvalue weighted by atomic mass is 19.4. The Bertz CT molecular complexity index is 203. The van der Waals surface area contributed by atoms with E-state index in [-0.39, 0.29) is 18.2 Å². The Morgan fingerprint density at radius 1 is 1.40 bits per heavy atom. The van der Waals surface area contributed by atoms with Crippen LogP contribution in [0.5, 0.6) is 0 Å². The predicted octanol–water partition coefficient (Wildman–Crippen LogP) is 2.63. The molecule has 15 heavy (non-hydrogen) atoms. The molecule has 0 aliphatic rings. The molecule has 0 aromatic rings. The van der Waals surface area contributed by atoms with Gasteiger partial charge in [-0.2, -0.15) is 13.2 Å².